The number of thioether (sulfide) groups is 1. The molecule has 1 aromatic rings. The van der Waals surface area contributed by atoms with Gasteiger partial charge in [0.2, 0.25) is 0 Å². The van der Waals surface area contributed by atoms with E-state index in [2.05, 4.69) is 0 Å². The number of nitrogen functional groups attached to an aromatic ring is 1. The van der Waals surface area contributed by atoms with Gasteiger partial charge in [-0.1, -0.05) is 18.5 Å². The Morgan fingerprint density at radius 1 is 1.64 bits per heavy atom. The number of anilines is 1. The van der Waals surface area contributed by atoms with Crippen molar-refractivity contribution in [2.45, 2.75) is 11.8 Å². The van der Waals surface area contributed by atoms with Crippen LogP contribution in [0.25, 0.3) is 0 Å². The molecule has 1 rings (SSSR count). The number of carboxylic acids is 1. The van der Waals surface area contributed by atoms with Gasteiger partial charge >= 0.3 is 5.97 Å². The first-order valence-electron chi connectivity index (χ1n) is 4.01. The molecule has 0 saturated heterocycles. The molecule has 5 heteroatoms. The standard InChI is InChI=1S/C9H10ClNO2S/c1-2-14-5-3-6(9(12)13)8(11)7(10)4-5/h3-4H,2,11H2,1H3,(H,12,13). The summed E-state index contributed by atoms with van der Waals surface area (Å²) in [5.74, 6) is -0.192. The monoisotopic (exact) mass is 231 g/mol. The Bertz CT molecular complexity index is 368. The molecule has 1 aromatic carbocycles. The first-order valence-corrected chi connectivity index (χ1v) is 5.37. The summed E-state index contributed by atoms with van der Waals surface area (Å²) in [6, 6.07) is 3.22. The van der Waals surface area contributed by atoms with Crippen molar-refractivity contribution in [2.24, 2.45) is 0 Å². The van der Waals surface area contributed by atoms with Crippen molar-refractivity contribution >= 4 is 35.0 Å². The Labute approximate surface area is 91.2 Å². The van der Waals surface area contributed by atoms with Crippen molar-refractivity contribution in [1.82, 2.24) is 0 Å². The fourth-order valence-electron chi connectivity index (χ4n) is 1.02. The van der Waals surface area contributed by atoms with Crippen molar-refractivity contribution in [3.63, 3.8) is 0 Å². The second-order valence-electron chi connectivity index (χ2n) is 2.60. The summed E-state index contributed by atoms with van der Waals surface area (Å²) in [7, 11) is 0. The molecule has 0 aliphatic rings. The van der Waals surface area contributed by atoms with E-state index in [1.165, 1.54) is 17.8 Å². The molecule has 0 amide bonds. The molecule has 14 heavy (non-hydrogen) atoms. The Balaban J connectivity index is 3.21. The van der Waals surface area contributed by atoms with Crippen LogP contribution >= 0.6 is 23.4 Å². The van der Waals surface area contributed by atoms with E-state index in [1.807, 2.05) is 6.92 Å². The minimum Gasteiger partial charge on any atom is -0.478 e. The molecule has 0 saturated carbocycles. The largest absolute Gasteiger partial charge is 0.478 e. The van der Waals surface area contributed by atoms with E-state index in [9.17, 15) is 4.79 Å². The average molecular weight is 232 g/mol. The van der Waals surface area contributed by atoms with Crippen LogP contribution in [0.15, 0.2) is 17.0 Å². The maximum Gasteiger partial charge on any atom is 0.337 e. The number of rotatable bonds is 3. The molecule has 0 aliphatic carbocycles. The number of carboxylic acid groups (broad SMARTS) is 1. The maximum absolute atomic E-state index is 10.8. The summed E-state index contributed by atoms with van der Waals surface area (Å²) in [6.07, 6.45) is 0. The third kappa shape index (κ3) is 2.33. The summed E-state index contributed by atoms with van der Waals surface area (Å²) in [5.41, 5.74) is 5.71. The molecular formula is C9H10ClNO2S. The van der Waals surface area contributed by atoms with Crippen LogP contribution in [0.4, 0.5) is 5.69 Å². The highest BCUT2D eigenvalue weighted by Gasteiger charge is 2.12. The van der Waals surface area contributed by atoms with Crippen LogP contribution in [0, 0.1) is 0 Å². The van der Waals surface area contributed by atoms with E-state index in [4.69, 9.17) is 22.4 Å². The van der Waals surface area contributed by atoms with Gasteiger partial charge in [-0.05, 0) is 17.9 Å². The van der Waals surface area contributed by atoms with Crippen LogP contribution in [-0.4, -0.2) is 16.8 Å². The predicted molar refractivity (Wildman–Crippen MR) is 59.2 cm³/mol. The van der Waals surface area contributed by atoms with Crippen molar-refractivity contribution < 1.29 is 9.90 Å². The summed E-state index contributed by atoms with van der Waals surface area (Å²) in [5, 5.41) is 9.13. The first-order chi connectivity index (χ1) is 6.56. The zero-order valence-electron chi connectivity index (χ0n) is 7.58. The average Bonchev–Trinajstić information content (AvgIpc) is 2.11. The highest BCUT2D eigenvalue weighted by Crippen LogP contribution is 2.29. The van der Waals surface area contributed by atoms with Gasteiger partial charge in [0.25, 0.3) is 0 Å². The summed E-state index contributed by atoms with van der Waals surface area (Å²) < 4.78 is 0. The molecule has 0 bridgehead atoms. The van der Waals surface area contributed by atoms with Crippen LogP contribution in [0.3, 0.4) is 0 Å². The van der Waals surface area contributed by atoms with Crippen LogP contribution in [0.1, 0.15) is 17.3 Å². The smallest absolute Gasteiger partial charge is 0.337 e. The van der Waals surface area contributed by atoms with Crippen molar-refractivity contribution in [3.05, 3.63) is 22.7 Å². The van der Waals surface area contributed by atoms with E-state index in [0.717, 1.165) is 10.6 Å². The molecule has 0 atom stereocenters. The molecule has 0 aromatic heterocycles. The molecular weight excluding hydrogens is 222 g/mol. The number of hydrogen-bond acceptors (Lipinski definition) is 3. The fraction of sp³-hybridized carbons (Fsp3) is 0.222. The number of nitrogens with two attached hydrogens (primary N) is 1. The molecule has 0 radical (unpaired) electrons. The Morgan fingerprint density at radius 3 is 2.79 bits per heavy atom. The lowest BCUT2D eigenvalue weighted by Crippen LogP contribution is -2.03. The van der Waals surface area contributed by atoms with Crippen LogP contribution in [0.5, 0.6) is 0 Å². The minimum absolute atomic E-state index is 0.0634. The third-order valence-corrected chi connectivity index (χ3v) is 2.81. The van der Waals surface area contributed by atoms with Gasteiger partial charge in [-0.15, -0.1) is 11.8 Å². The van der Waals surface area contributed by atoms with Gasteiger partial charge in [-0.3, -0.25) is 0 Å². The van der Waals surface area contributed by atoms with Crippen LogP contribution in [-0.2, 0) is 0 Å². The molecule has 0 fully saturated rings. The SMILES string of the molecule is CCSc1cc(Cl)c(N)c(C(=O)O)c1. The Morgan fingerprint density at radius 2 is 2.29 bits per heavy atom. The summed E-state index contributed by atoms with van der Waals surface area (Å²) in [6.45, 7) is 1.98. The molecule has 76 valence electrons. The summed E-state index contributed by atoms with van der Waals surface area (Å²) >= 11 is 7.32. The van der Waals surface area contributed by atoms with Gasteiger partial charge in [-0.25, -0.2) is 4.79 Å². The van der Waals surface area contributed by atoms with Gasteiger partial charge in [-0.2, -0.15) is 0 Å². The first kappa shape index (κ1) is 11.2. The second-order valence-corrected chi connectivity index (χ2v) is 4.35. The topological polar surface area (TPSA) is 63.3 Å². The second kappa shape index (κ2) is 4.57. The quantitative estimate of drug-likeness (QED) is 0.620. The van der Waals surface area contributed by atoms with E-state index in [0.29, 0.717) is 5.02 Å². The normalized spacial score (nSPS) is 10.1. The molecule has 3 N–H and O–H groups in total. The van der Waals surface area contributed by atoms with Crippen molar-refractivity contribution in [3.8, 4) is 0 Å². The zero-order chi connectivity index (χ0) is 10.7. The van der Waals surface area contributed by atoms with E-state index in [1.54, 1.807) is 6.07 Å². The minimum atomic E-state index is -1.05. The van der Waals surface area contributed by atoms with E-state index < -0.39 is 5.97 Å². The Kier molecular flexibility index (Phi) is 3.66. The number of benzene rings is 1. The van der Waals surface area contributed by atoms with E-state index >= 15 is 0 Å². The van der Waals surface area contributed by atoms with E-state index in [-0.39, 0.29) is 11.3 Å². The highest BCUT2D eigenvalue weighted by molar-refractivity contribution is 7.99. The molecule has 0 heterocycles. The fourth-order valence-corrected chi connectivity index (χ4v) is 2.04. The molecule has 0 spiro atoms. The van der Waals surface area contributed by atoms with Crippen molar-refractivity contribution in [1.29, 1.82) is 0 Å². The highest BCUT2D eigenvalue weighted by atomic mass is 35.5. The maximum atomic E-state index is 10.8. The lowest BCUT2D eigenvalue weighted by molar-refractivity contribution is 0.0698. The van der Waals surface area contributed by atoms with Crippen LogP contribution < -0.4 is 5.73 Å². The van der Waals surface area contributed by atoms with Gasteiger partial charge < -0.3 is 10.8 Å². The number of halogens is 1. The zero-order valence-corrected chi connectivity index (χ0v) is 9.15. The summed E-state index contributed by atoms with van der Waals surface area (Å²) in [4.78, 5) is 11.6. The third-order valence-electron chi connectivity index (χ3n) is 1.64. The number of aromatic carboxylic acids is 1. The van der Waals surface area contributed by atoms with Gasteiger partial charge in [0.1, 0.15) is 0 Å². The lowest BCUT2D eigenvalue weighted by Gasteiger charge is -2.06. The van der Waals surface area contributed by atoms with Gasteiger partial charge in [0, 0.05) is 4.90 Å². The predicted octanol–water partition coefficient (Wildman–Crippen LogP) is 2.73. The Hall–Kier alpha value is -0.870. The van der Waals surface area contributed by atoms with Crippen molar-refractivity contribution in [2.75, 3.05) is 11.5 Å². The van der Waals surface area contributed by atoms with Gasteiger partial charge in [0.05, 0.1) is 16.3 Å². The number of hydrogen-bond donors (Lipinski definition) is 2. The van der Waals surface area contributed by atoms with Gasteiger partial charge in [0.15, 0.2) is 0 Å². The number of carbonyl (C=O) groups is 1. The lowest BCUT2D eigenvalue weighted by atomic mass is 10.2. The molecule has 3 nitrogen and oxygen atoms in total. The molecule has 0 unspecified atom stereocenters. The van der Waals surface area contributed by atoms with Crippen LogP contribution in [0.2, 0.25) is 5.02 Å². The molecule has 0 aliphatic heterocycles.